The number of nitro groups is 1. The maximum absolute atomic E-state index is 13.3. The predicted octanol–water partition coefficient (Wildman–Crippen LogP) is 5.12. The van der Waals surface area contributed by atoms with Crippen LogP contribution in [0.3, 0.4) is 0 Å². The second-order valence-corrected chi connectivity index (χ2v) is 8.85. The molecular formula is C25H36N4O3. The fourth-order valence-electron chi connectivity index (χ4n) is 4.37. The third kappa shape index (κ3) is 5.76. The van der Waals surface area contributed by atoms with E-state index in [-0.39, 0.29) is 16.5 Å². The number of carbonyl (C=O) groups is 1. The maximum atomic E-state index is 13.3. The molecule has 1 aromatic heterocycles. The van der Waals surface area contributed by atoms with Crippen molar-refractivity contribution in [1.29, 1.82) is 0 Å². The minimum atomic E-state index is -0.382. The van der Waals surface area contributed by atoms with Gasteiger partial charge in [-0.1, -0.05) is 39.0 Å². The Hall–Kier alpha value is -2.67. The van der Waals surface area contributed by atoms with Crippen molar-refractivity contribution < 1.29 is 9.72 Å². The molecule has 32 heavy (non-hydrogen) atoms. The van der Waals surface area contributed by atoms with Gasteiger partial charge in [-0.3, -0.25) is 14.9 Å². The van der Waals surface area contributed by atoms with Gasteiger partial charge in [0.15, 0.2) is 0 Å². The Bertz CT molecular complexity index is 912. The topological polar surface area (TPSA) is 71.6 Å². The highest BCUT2D eigenvalue weighted by Crippen LogP contribution is 2.29. The molecule has 2 heterocycles. The summed E-state index contributed by atoms with van der Waals surface area (Å²) >= 11 is 0. The van der Waals surface area contributed by atoms with Crippen molar-refractivity contribution >= 4 is 11.6 Å². The zero-order valence-corrected chi connectivity index (χ0v) is 19.7. The van der Waals surface area contributed by atoms with Gasteiger partial charge in [-0.2, -0.15) is 0 Å². The predicted molar refractivity (Wildman–Crippen MR) is 128 cm³/mol. The summed E-state index contributed by atoms with van der Waals surface area (Å²) in [4.78, 5) is 28.2. The van der Waals surface area contributed by atoms with Gasteiger partial charge in [0.25, 0.3) is 11.6 Å². The molecular weight excluding hydrogens is 404 g/mol. The van der Waals surface area contributed by atoms with Crippen LogP contribution < -0.4 is 0 Å². The van der Waals surface area contributed by atoms with Gasteiger partial charge in [0.05, 0.1) is 10.5 Å². The van der Waals surface area contributed by atoms with Crippen LogP contribution in [0, 0.1) is 17.0 Å². The average molecular weight is 441 g/mol. The molecule has 0 aliphatic carbocycles. The van der Waals surface area contributed by atoms with Crippen molar-refractivity contribution in [3.63, 3.8) is 0 Å². The molecule has 0 bridgehead atoms. The summed E-state index contributed by atoms with van der Waals surface area (Å²) < 4.78 is 2.23. The van der Waals surface area contributed by atoms with Gasteiger partial charge < -0.3 is 14.4 Å². The van der Waals surface area contributed by atoms with Crippen molar-refractivity contribution in [3.8, 4) is 11.3 Å². The molecule has 1 aliphatic rings. The standard InChI is InChI=1S/C25H36N4O3/c1-4-5-6-7-8-9-14-28-20(2)23(25(30)27-17-15-26(3)16-18-27)19-24(28)21-10-12-22(13-11-21)29(31)32/h10-13,19H,4-9,14-18H2,1-3H3. The molecule has 0 spiro atoms. The summed E-state index contributed by atoms with van der Waals surface area (Å²) in [6.07, 6.45) is 7.23. The fraction of sp³-hybridized carbons (Fsp3) is 0.560. The molecule has 174 valence electrons. The Morgan fingerprint density at radius 3 is 2.25 bits per heavy atom. The number of benzene rings is 1. The number of rotatable bonds is 10. The van der Waals surface area contributed by atoms with E-state index in [4.69, 9.17) is 0 Å². The highest BCUT2D eigenvalue weighted by molar-refractivity contribution is 5.97. The Labute approximate surface area is 191 Å². The minimum absolute atomic E-state index is 0.0771. The Morgan fingerprint density at radius 1 is 1.00 bits per heavy atom. The smallest absolute Gasteiger partial charge is 0.269 e. The van der Waals surface area contributed by atoms with Gasteiger partial charge >= 0.3 is 0 Å². The molecule has 1 aromatic carbocycles. The lowest BCUT2D eigenvalue weighted by atomic mass is 10.1. The quantitative estimate of drug-likeness (QED) is 0.292. The van der Waals surface area contributed by atoms with E-state index >= 15 is 0 Å². The third-order valence-electron chi connectivity index (χ3n) is 6.50. The van der Waals surface area contributed by atoms with E-state index in [1.54, 1.807) is 12.1 Å². The van der Waals surface area contributed by atoms with E-state index < -0.39 is 0 Å². The van der Waals surface area contributed by atoms with Crippen LogP contribution in [0.1, 0.15) is 61.5 Å². The molecule has 1 saturated heterocycles. The number of nitro benzene ring substituents is 1. The van der Waals surface area contributed by atoms with Gasteiger partial charge in [0.2, 0.25) is 0 Å². The number of non-ortho nitro benzene ring substituents is 1. The summed E-state index contributed by atoms with van der Waals surface area (Å²) in [7, 11) is 2.08. The third-order valence-corrected chi connectivity index (χ3v) is 6.50. The molecule has 1 fully saturated rings. The first-order valence-electron chi connectivity index (χ1n) is 11.8. The number of hydrogen-bond acceptors (Lipinski definition) is 4. The summed E-state index contributed by atoms with van der Waals surface area (Å²) in [6, 6.07) is 8.63. The summed E-state index contributed by atoms with van der Waals surface area (Å²) in [5, 5.41) is 11.1. The zero-order chi connectivity index (χ0) is 23.1. The summed E-state index contributed by atoms with van der Waals surface area (Å²) in [5.41, 5.74) is 3.67. The van der Waals surface area contributed by atoms with Gasteiger partial charge in [0, 0.05) is 56.2 Å². The Morgan fingerprint density at radius 2 is 1.62 bits per heavy atom. The second-order valence-electron chi connectivity index (χ2n) is 8.85. The average Bonchev–Trinajstić information content (AvgIpc) is 3.12. The van der Waals surface area contributed by atoms with Gasteiger partial charge in [-0.05, 0) is 44.2 Å². The molecule has 2 aromatic rings. The van der Waals surface area contributed by atoms with E-state index in [0.717, 1.165) is 61.7 Å². The van der Waals surface area contributed by atoms with Crippen molar-refractivity contribution in [1.82, 2.24) is 14.4 Å². The molecule has 0 saturated carbocycles. The van der Waals surface area contributed by atoms with Crippen LogP contribution in [0.25, 0.3) is 11.3 Å². The number of unbranched alkanes of at least 4 members (excludes halogenated alkanes) is 5. The lowest BCUT2D eigenvalue weighted by Gasteiger charge is -2.32. The van der Waals surface area contributed by atoms with Crippen LogP contribution in [-0.2, 0) is 6.54 Å². The van der Waals surface area contributed by atoms with Gasteiger partial charge in [-0.15, -0.1) is 0 Å². The highest BCUT2D eigenvalue weighted by Gasteiger charge is 2.25. The van der Waals surface area contributed by atoms with Crippen molar-refractivity contribution in [2.24, 2.45) is 0 Å². The lowest BCUT2D eigenvalue weighted by Crippen LogP contribution is -2.47. The molecule has 1 amide bonds. The van der Waals surface area contributed by atoms with Crippen LogP contribution in [0.4, 0.5) is 5.69 Å². The Kier molecular flexibility index (Phi) is 8.45. The largest absolute Gasteiger partial charge is 0.344 e. The number of carbonyl (C=O) groups excluding carboxylic acids is 1. The minimum Gasteiger partial charge on any atom is -0.344 e. The second kappa shape index (κ2) is 11.3. The monoisotopic (exact) mass is 440 g/mol. The maximum Gasteiger partial charge on any atom is 0.269 e. The first-order chi connectivity index (χ1) is 15.4. The summed E-state index contributed by atoms with van der Waals surface area (Å²) in [5.74, 6) is 0.0838. The van der Waals surface area contributed by atoms with E-state index in [1.165, 1.54) is 44.2 Å². The number of aromatic nitrogens is 1. The first-order valence-corrected chi connectivity index (χ1v) is 11.8. The van der Waals surface area contributed by atoms with Crippen molar-refractivity contribution in [3.05, 3.63) is 51.7 Å². The SMILES string of the molecule is CCCCCCCCn1c(-c2ccc([N+](=O)[O-])cc2)cc(C(=O)N2CCN(C)CC2)c1C. The van der Waals surface area contributed by atoms with Gasteiger partial charge in [-0.25, -0.2) is 0 Å². The normalized spacial score (nSPS) is 14.7. The van der Waals surface area contributed by atoms with Crippen molar-refractivity contribution in [2.45, 2.75) is 58.9 Å². The number of amides is 1. The molecule has 0 atom stereocenters. The molecule has 7 heteroatoms. The zero-order valence-electron chi connectivity index (χ0n) is 19.7. The van der Waals surface area contributed by atoms with E-state index in [2.05, 4.69) is 23.4 Å². The number of piperazine rings is 1. The van der Waals surface area contributed by atoms with E-state index in [1.807, 2.05) is 17.9 Å². The van der Waals surface area contributed by atoms with Crippen LogP contribution in [-0.4, -0.2) is 58.4 Å². The number of hydrogen-bond donors (Lipinski definition) is 0. The fourth-order valence-corrected chi connectivity index (χ4v) is 4.37. The summed E-state index contributed by atoms with van der Waals surface area (Å²) in [6.45, 7) is 8.35. The molecule has 0 radical (unpaired) electrons. The molecule has 7 nitrogen and oxygen atoms in total. The lowest BCUT2D eigenvalue weighted by molar-refractivity contribution is -0.384. The van der Waals surface area contributed by atoms with E-state index in [9.17, 15) is 14.9 Å². The molecule has 0 N–H and O–H groups in total. The van der Waals surface area contributed by atoms with Crippen LogP contribution in [0.5, 0.6) is 0 Å². The van der Waals surface area contributed by atoms with Crippen molar-refractivity contribution in [2.75, 3.05) is 33.2 Å². The van der Waals surface area contributed by atoms with Gasteiger partial charge in [0.1, 0.15) is 0 Å². The van der Waals surface area contributed by atoms with Crippen LogP contribution >= 0.6 is 0 Å². The van der Waals surface area contributed by atoms with Crippen LogP contribution in [0.15, 0.2) is 30.3 Å². The molecule has 3 rings (SSSR count). The molecule has 1 aliphatic heterocycles. The number of nitrogens with zero attached hydrogens (tertiary/aromatic N) is 4. The highest BCUT2D eigenvalue weighted by atomic mass is 16.6. The van der Waals surface area contributed by atoms with E-state index in [0.29, 0.717) is 0 Å². The Balaban J connectivity index is 1.84. The van der Waals surface area contributed by atoms with Crippen LogP contribution in [0.2, 0.25) is 0 Å². The molecule has 0 unspecified atom stereocenters. The number of likely N-dealkylation sites (N-methyl/N-ethyl adjacent to an activating group) is 1. The first kappa shape index (κ1) is 24.0.